The molecule has 1 aromatic rings. The largest absolute Gasteiger partial charge is 0.508 e. The molecule has 9 heteroatoms. The number of anilines is 1. The Bertz CT molecular complexity index is 1160. The third kappa shape index (κ3) is 2.91. The number of benzene rings is 1. The van der Waals surface area contributed by atoms with Crippen molar-refractivity contribution in [1.82, 2.24) is 0 Å². The van der Waals surface area contributed by atoms with Crippen molar-refractivity contribution < 1.29 is 34.8 Å². The van der Waals surface area contributed by atoms with Crippen LogP contribution in [0.2, 0.25) is 0 Å². The Morgan fingerprint density at radius 3 is 2.36 bits per heavy atom. The second kappa shape index (κ2) is 7.34. The number of rotatable bonds is 3. The van der Waals surface area contributed by atoms with Crippen LogP contribution in [0.5, 0.6) is 5.75 Å². The van der Waals surface area contributed by atoms with Gasteiger partial charge in [-0.05, 0) is 42.4 Å². The molecule has 0 spiro atoms. The van der Waals surface area contributed by atoms with Crippen LogP contribution in [0, 0.1) is 23.7 Å². The van der Waals surface area contributed by atoms with Crippen LogP contribution in [0.1, 0.15) is 31.4 Å². The van der Waals surface area contributed by atoms with Gasteiger partial charge >= 0.3 is 0 Å². The number of phenols is 1. The lowest BCUT2D eigenvalue weighted by Gasteiger charge is -2.50. The van der Waals surface area contributed by atoms with Crippen molar-refractivity contribution in [3.8, 4) is 5.75 Å². The number of Topliss-reactive ketones (excluding diaryl/α,β-unsaturated/α-hetero) is 2. The summed E-state index contributed by atoms with van der Waals surface area (Å²) < 4.78 is 0. The molecule has 0 bridgehead atoms. The van der Waals surface area contributed by atoms with Crippen LogP contribution >= 0.6 is 0 Å². The molecule has 0 radical (unpaired) electrons. The predicted molar refractivity (Wildman–Crippen MR) is 119 cm³/mol. The van der Waals surface area contributed by atoms with E-state index in [4.69, 9.17) is 5.73 Å². The molecular weight excluding hydrogens is 428 g/mol. The van der Waals surface area contributed by atoms with Crippen molar-refractivity contribution in [3.05, 3.63) is 40.2 Å². The zero-order chi connectivity index (χ0) is 24.6. The van der Waals surface area contributed by atoms with Crippen LogP contribution in [-0.4, -0.2) is 57.6 Å². The van der Waals surface area contributed by atoms with E-state index >= 15 is 0 Å². The Hall–Kier alpha value is -3.33. The summed E-state index contributed by atoms with van der Waals surface area (Å²) in [5.41, 5.74) is 3.30. The lowest BCUT2D eigenvalue weighted by molar-refractivity contribution is -0.155. The monoisotopic (exact) mass is 456 g/mol. The number of aromatic hydroxyl groups is 1. The number of hydrogen-bond donors (Lipinski definition) is 5. The van der Waals surface area contributed by atoms with Crippen LogP contribution in [0.15, 0.2) is 29.0 Å². The number of carbonyl (C=O) groups excluding carboxylic acids is 3. The molecule has 33 heavy (non-hydrogen) atoms. The lowest BCUT2D eigenvalue weighted by Crippen LogP contribution is -2.62. The average Bonchev–Trinajstić information content (AvgIpc) is 2.70. The highest BCUT2D eigenvalue weighted by molar-refractivity contribution is 6.23. The summed E-state index contributed by atoms with van der Waals surface area (Å²) in [7, 11) is 3.63. The predicted octanol–water partition coefficient (Wildman–Crippen LogP) is 1.37. The van der Waals surface area contributed by atoms with Crippen molar-refractivity contribution in [2.45, 2.75) is 32.3 Å². The summed E-state index contributed by atoms with van der Waals surface area (Å²) in [5.74, 6) is -7.55. The van der Waals surface area contributed by atoms with E-state index in [1.807, 2.05) is 19.0 Å². The first kappa shape index (κ1) is 22.8. The molecule has 6 N–H and O–H groups in total. The number of phenolic OH excluding ortho intramolecular Hbond substituents is 1. The topological polar surface area (TPSA) is 161 Å². The number of nitrogens with two attached hydrogens (primary N) is 1. The van der Waals surface area contributed by atoms with Gasteiger partial charge in [-0.1, -0.05) is 13.8 Å². The number of carbonyl (C=O) groups is 3. The van der Waals surface area contributed by atoms with Gasteiger partial charge in [-0.3, -0.25) is 14.4 Å². The van der Waals surface area contributed by atoms with Crippen molar-refractivity contribution in [2.24, 2.45) is 29.4 Å². The van der Waals surface area contributed by atoms with Gasteiger partial charge < -0.3 is 31.1 Å². The summed E-state index contributed by atoms with van der Waals surface area (Å²) in [4.78, 5) is 40.6. The molecular formula is C24H28N2O7. The first-order chi connectivity index (χ1) is 15.3. The molecule has 9 nitrogen and oxygen atoms in total. The number of primary amides is 1. The minimum atomic E-state index is -2.58. The fraction of sp³-hybridized carbons (Fsp3) is 0.458. The maximum Gasteiger partial charge on any atom is 0.255 e. The van der Waals surface area contributed by atoms with Gasteiger partial charge in [0.1, 0.15) is 22.8 Å². The molecule has 4 atom stereocenters. The van der Waals surface area contributed by atoms with Crippen LogP contribution in [0.3, 0.4) is 0 Å². The normalized spacial score (nSPS) is 29.1. The van der Waals surface area contributed by atoms with Crippen molar-refractivity contribution in [2.75, 3.05) is 19.0 Å². The number of amides is 1. The highest BCUT2D eigenvalue weighted by Gasteiger charge is 2.64. The summed E-state index contributed by atoms with van der Waals surface area (Å²) in [6, 6.07) is 3.12. The van der Waals surface area contributed by atoms with Crippen LogP contribution in [0.4, 0.5) is 5.69 Å². The van der Waals surface area contributed by atoms with Gasteiger partial charge in [0.05, 0.1) is 5.56 Å². The van der Waals surface area contributed by atoms with Gasteiger partial charge in [0.2, 0.25) is 5.78 Å². The fourth-order valence-corrected chi connectivity index (χ4v) is 5.89. The minimum Gasteiger partial charge on any atom is -0.508 e. The molecule has 3 aliphatic carbocycles. The van der Waals surface area contributed by atoms with Gasteiger partial charge in [0.25, 0.3) is 5.91 Å². The van der Waals surface area contributed by atoms with Crippen LogP contribution in [0.25, 0.3) is 5.76 Å². The van der Waals surface area contributed by atoms with E-state index in [0.29, 0.717) is 5.56 Å². The molecule has 0 saturated heterocycles. The van der Waals surface area contributed by atoms with E-state index in [1.54, 1.807) is 19.9 Å². The Labute approximate surface area is 190 Å². The van der Waals surface area contributed by atoms with E-state index < -0.39 is 57.9 Å². The van der Waals surface area contributed by atoms with Gasteiger partial charge in [-0.2, -0.15) is 0 Å². The van der Waals surface area contributed by atoms with Crippen molar-refractivity contribution in [3.63, 3.8) is 0 Å². The number of aliphatic hydroxyl groups excluding tert-OH is 2. The summed E-state index contributed by atoms with van der Waals surface area (Å²) in [6.07, 6.45) is 0.384. The molecule has 0 aliphatic heterocycles. The quantitative estimate of drug-likeness (QED) is 0.426. The molecule has 3 aliphatic rings. The summed E-state index contributed by atoms with van der Waals surface area (Å²) in [6.45, 7) is 3.46. The molecule has 4 unspecified atom stereocenters. The minimum absolute atomic E-state index is 0.0914. The number of hydrogen-bond acceptors (Lipinski definition) is 8. The zero-order valence-corrected chi connectivity index (χ0v) is 18.9. The molecule has 0 aromatic heterocycles. The maximum atomic E-state index is 13.7. The van der Waals surface area contributed by atoms with E-state index in [-0.39, 0.29) is 35.6 Å². The maximum absolute atomic E-state index is 13.7. The molecule has 1 amide bonds. The van der Waals surface area contributed by atoms with Gasteiger partial charge in [-0.15, -0.1) is 0 Å². The van der Waals surface area contributed by atoms with Crippen LogP contribution in [-0.2, 0) is 20.8 Å². The van der Waals surface area contributed by atoms with Gasteiger partial charge in [-0.25, -0.2) is 0 Å². The Morgan fingerprint density at radius 1 is 1.18 bits per heavy atom. The van der Waals surface area contributed by atoms with E-state index in [0.717, 1.165) is 5.69 Å². The average molecular weight is 456 g/mol. The van der Waals surface area contributed by atoms with Crippen molar-refractivity contribution in [1.29, 1.82) is 0 Å². The molecule has 176 valence electrons. The third-order valence-corrected chi connectivity index (χ3v) is 7.31. The smallest absolute Gasteiger partial charge is 0.255 e. The molecule has 1 saturated carbocycles. The van der Waals surface area contributed by atoms with E-state index in [2.05, 4.69) is 0 Å². The Balaban J connectivity index is 1.99. The number of aliphatic hydroxyl groups is 3. The SMILES string of the molecule is CC(C)C1C(=O)C(C(N)=O)=C(O)C2(O)C(=O)C3=C(O)c4c(O)ccc(N(C)C)c4CC3CC12. The molecule has 1 aromatic carbocycles. The first-order valence-electron chi connectivity index (χ1n) is 10.8. The first-order valence-corrected chi connectivity index (χ1v) is 10.8. The Morgan fingerprint density at radius 2 is 1.82 bits per heavy atom. The second-order valence-electron chi connectivity index (χ2n) is 9.67. The zero-order valence-electron chi connectivity index (χ0n) is 18.9. The lowest BCUT2D eigenvalue weighted by atomic mass is 9.54. The number of nitrogens with zero attached hydrogens (tertiary/aromatic N) is 1. The van der Waals surface area contributed by atoms with Gasteiger partial charge in [0.15, 0.2) is 11.4 Å². The third-order valence-electron chi connectivity index (χ3n) is 7.31. The summed E-state index contributed by atoms with van der Waals surface area (Å²) >= 11 is 0. The fourth-order valence-electron chi connectivity index (χ4n) is 5.89. The highest BCUT2D eigenvalue weighted by atomic mass is 16.3. The van der Waals surface area contributed by atoms with Crippen molar-refractivity contribution >= 4 is 28.9 Å². The molecule has 0 heterocycles. The molecule has 1 fully saturated rings. The molecule has 4 rings (SSSR count). The van der Waals surface area contributed by atoms with Crippen LogP contribution < -0.4 is 10.6 Å². The summed E-state index contributed by atoms with van der Waals surface area (Å²) in [5, 5.41) is 44.0. The number of fused-ring (bicyclic) bond motifs is 3. The second-order valence-corrected chi connectivity index (χ2v) is 9.67. The Kier molecular flexibility index (Phi) is 5.09. The number of ketones is 2. The van der Waals surface area contributed by atoms with E-state index in [9.17, 15) is 34.8 Å². The van der Waals surface area contributed by atoms with Gasteiger partial charge in [0, 0.05) is 37.2 Å². The highest BCUT2D eigenvalue weighted by Crippen LogP contribution is 2.55. The standard InChI is InChI=1S/C24H28N2O7/c1-9(2)15-12-8-10-7-11-13(26(3)4)5-6-14(27)17(11)20(29)16(10)21(30)24(12,33)22(31)18(19(15)28)23(25)32/h5-6,9-10,12,15,27,29,31,33H,7-8H2,1-4H3,(H2,25,32). The van der Waals surface area contributed by atoms with E-state index in [1.165, 1.54) is 6.07 Å².